The summed E-state index contributed by atoms with van der Waals surface area (Å²) in [7, 11) is 0. The molecule has 0 aromatic carbocycles. The molecule has 0 bridgehead atoms. The molecule has 1 heterocycles. The van der Waals surface area contributed by atoms with Gasteiger partial charge in [-0.25, -0.2) is 4.98 Å². The second-order valence-electron chi connectivity index (χ2n) is 5.13. The van der Waals surface area contributed by atoms with Crippen LogP contribution in [-0.4, -0.2) is 24.1 Å². The van der Waals surface area contributed by atoms with Gasteiger partial charge >= 0.3 is 0 Å². The van der Waals surface area contributed by atoms with Gasteiger partial charge in [-0.3, -0.25) is 0 Å². The van der Waals surface area contributed by atoms with E-state index < -0.39 is 0 Å². The number of nitrogens with one attached hydrogen (secondary N) is 1. The van der Waals surface area contributed by atoms with Crippen molar-refractivity contribution in [3.63, 3.8) is 0 Å². The average Bonchev–Trinajstić information content (AvgIpc) is 3.26. The predicted molar refractivity (Wildman–Crippen MR) is 81.6 cm³/mol. The third-order valence-electron chi connectivity index (χ3n) is 3.47. The average molecular weight is 259 g/mol. The molecule has 0 radical (unpaired) electrons. The molecule has 19 heavy (non-hydrogen) atoms. The standard InChI is InChI=1S/C16H25N3/c1-4-9-19(15-7-8-15)16-11-13(12-17-6-3)10-14(5-2)18-16/h4,10-11,15,17H,1,5-9,12H2,2-3H3. The highest BCUT2D eigenvalue weighted by Crippen LogP contribution is 2.31. The number of hydrogen-bond acceptors (Lipinski definition) is 3. The lowest BCUT2D eigenvalue weighted by Crippen LogP contribution is -2.27. The SMILES string of the molecule is C=CCN(c1cc(CNCC)cc(CC)n1)C1CC1. The van der Waals surface area contributed by atoms with E-state index in [-0.39, 0.29) is 0 Å². The first-order chi connectivity index (χ1) is 9.28. The summed E-state index contributed by atoms with van der Waals surface area (Å²) in [5.74, 6) is 1.12. The Bertz CT molecular complexity index is 424. The van der Waals surface area contributed by atoms with E-state index in [0.29, 0.717) is 6.04 Å². The van der Waals surface area contributed by atoms with Gasteiger partial charge in [-0.2, -0.15) is 0 Å². The van der Waals surface area contributed by atoms with Crippen molar-refractivity contribution >= 4 is 5.82 Å². The maximum atomic E-state index is 4.79. The molecule has 1 fully saturated rings. The third kappa shape index (κ3) is 3.80. The monoisotopic (exact) mass is 259 g/mol. The summed E-state index contributed by atoms with van der Waals surface area (Å²) in [6.45, 7) is 11.0. The molecule has 0 unspecified atom stereocenters. The van der Waals surface area contributed by atoms with Gasteiger partial charge in [0.25, 0.3) is 0 Å². The molecule has 0 saturated heterocycles. The molecule has 1 saturated carbocycles. The van der Waals surface area contributed by atoms with Crippen LogP contribution < -0.4 is 10.2 Å². The van der Waals surface area contributed by atoms with Gasteiger partial charge < -0.3 is 10.2 Å². The fourth-order valence-corrected chi connectivity index (χ4v) is 2.29. The molecule has 0 atom stereocenters. The molecule has 1 aromatic heterocycles. The highest BCUT2D eigenvalue weighted by molar-refractivity contribution is 5.46. The van der Waals surface area contributed by atoms with Crippen molar-refractivity contribution in [3.05, 3.63) is 36.0 Å². The maximum Gasteiger partial charge on any atom is 0.129 e. The topological polar surface area (TPSA) is 28.2 Å². The molecule has 0 spiro atoms. The molecular formula is C16H25N3. The van der Waals surface area contributed by atoms with Crippen LogP contribution in [0.3, 0.4) is 0 Å². The Morgan fingerprint density at radius 2 is 2.21 bits per heavy atom. The third-order valence-corrected chi connectivity index (χ3v) is 3.47. The van der Waals surface area contributed by atoms with Crippen LogP contribution in [0.1, 0.15) is 37.9 Å². The van der Waals surface area contributed by atoms with E-state index in [9.17, 15) is 0 Å². The summed E-state index contributed by atoms with van der Waals surface area (Å²) in [4.78, 5) is 7.18. The van der Waals surface area contributed by atoms with E-state index in [4.69, 9.17) is 4.98 Å². The molecule has 0 aliphatic heterocycles. The van der Waals surface area contributed by atoms with Crippen LogP contribution >= 0.6 is 0 Å². The zero-order valence-corrected chi connectivity index (χ0v) is 12.2. The Morgan fingerprint density at radius 1 is 1.42 bits per heavy atom. The van der Waals surface area contributed by atoms with Crippen LogP contribution in [0, 0.1) is 0 Å². The first-order valence-corrected chi connectivity index (χ1v) is 7.36. The van der Waals surface area contributed by atoms with E-state index in [2.05, 4.69) is 42.8 Å². The Morgan fingerprint density at radius 3 is 2.79 bits per heavy atom. The zero-order valence-electron chi connectivity index (χ0n) is 12.2. The summed E-state index contributed by atoms with van der Waals surface area (Å²) in [5.41, 5.74) is 2.51. The molecule has 0 amide bonds. The Hall–Kier alpha value is -1.35. The normalized spacial score (nSPS) is 14.4. The number of nitrogens with zero attached hydrogens (tertiary/aromatic N) is 2. The minimum Gasteiger partial charge on any atom is -0.350 e. The van der Waals surface area contributed by atoms with Crippen LogP contribution in [0.5, 0.6) is 0 Å². The van der Waals surface area contributed by atoms with Crippen molar-refractivity contribution in [1.29, 1.82) is 0 Å². The van der Waals surface area contributed by atoms with Gasteiger partial charge in [0.2, 0.25) is 0 Å². The first-order valence-electron chi connectivity index (χ1n) is 7.36. The second kappa shape index (κ2) is 6.71. The fraction of sp³-hybridized carbons (Fsp3) is 0.562. The largest absolute Gasteiger partial charge is 0.350 e. The number of aryl methyl sites for hydroxylation is 1. The van der Waals surface area contributed by atoms with Crippen molar-refractivity contribution in [3.8, 4) is 0 Å². The van der Waals surface area contributed by atoms with Gasteiger partial charge in [0.05, 0.1) is 0 Å². The van der Waals surface area contributed by atoms with E-state index in [0.717, 1.165) is 31.9 Å². The lowest BCUT2D eigenvalue weighted by molar-refractivity contribution is 0.722. The zero-order chi connectivity index (χ0) is 13.7. The van der Waals surface area contributed by atoms with Crippen LogP contribution in [-0.2, 0) is 13.0 Å². The van der Waals surface area contributed by atoms with Crippen molar-refractivity contribution in [2.24, 2.45) is 0 Å². The molecule has 1 aliphatic carbocycles. The van der Waals surface area contributed by atoms with Crippen molar-refractivity contribution in [2.75, 3.05) is 18.0 Å². The molecule has 104 valence electrons. The fourth-order valence-electron chi connectivity index (χ4n) is 2.29. The molecule has 1 aromatic rings. The summed E-state index contributed by atoms with van der Waals surface area (Å²) in [6.07, 6.45) is 5.53. The van der Waals surface area contributed by atoms with E-state index in [1.165, 1.54) is 24.1 Å². The van der Waals surface area contributed by atoms with Crippen LogP contribution in [0.4, 0.5) is 5.82 Å². The van der Waals surface area contributed by atoms with Crippen molar-refractivity contribution in [1.82, 2.24) is 10.3 Å². The highest BCUT2D eigenvalue weighted by Gasteiger charge is 2.29. The lowest BCUT2D eigenvalue weighted by atomic mass is 10.2. The maximum absolute atomic E-state index is 4.79. The summed E-state index contributed by atoms with van der Waals surface area (Å²) >= 11 is 0. The molecule has 2 rings (SSSR count). The van der Waals surface area contributed by atoms with Crippen LogP contribution in [0.2, 0.25) is 0 Å². The van der Waals surface area contributed by atoms with Gasteiger partial charge in [-0.1, -0.05) is 19.9 Å². The van der Waals surface area contributed by atoms with Crippen molar-refractivity contribution < 1.29 is 0 Å². The first kappa shape index (κ1) is 14.1. The minimum atomic E-state index is 0.671. The van der Waals surface area contributed by atoms with Crippen molar-refractivity contribution in [2.45, 2.75) is 45.7 Å². The smallest absolute Gasteiger partial charge is 0.129 e. The van der Waals surface area contributed by atoms with Gasteiger partial charge in [-0.05, 0) is 43.5 Å². The predicted octanol–water partition coefficient (Wildman–Crippen LogP) is 2.91. The lowest BCUT2D eigenvalue weighted by Gasteiger charge is -2.23. The molecule has 1 N–H and O–H groups in total. The molecule has 3 heteroatoms. The minimum absolute atomic E-state index is 0.671. The Kier molecular flexibility index (Phi) is 4.97. The number of pyridine rings is 1. The van der Waals surface area contributed by atoms with Crippen LogP contribution in [0.15, 0.2) is 24.8 Å². The van der Waals surface area contributed by atoms with Crippen LogP contribution in [0.25, 0.3) is 0 Å². The highest BCUT2D eigenvalue weighted by atomic mass is 15.2. The number of anilines is 1. The van der Waals surface area contributed by atoms with E-state index in [1.54, 1.807) is 0 Å². The number of hydrogen-bond donors (Lipinski definition) is 1. The molecular weight excluding hydrogens is 234 g/mol. The second-order valence-corrected chi connectivity index (χ2v) is 5.13. The van der Waals surface area contributed by atoms with Gasteiger partial charge in [0.1, 0.15) is 5.82 Å². The quantitative estimate of drug-likeness (QED) is 0.728. The van der Waals surface area contributed by atoms with E-state index in [1.807, 2.05) is 6.08 Å². The van der Waals surface area contributed by atoms with E-state index >= 15 is 0 Å². The summed E-state index contributed by atoms with van der Waals surface area (Å²) < 4.78 is 0. The molecule has 1 aliphatic rings. The Labute approximate surface area is 116 Å². The van der Waals surface area contributed by atoms with Gasteiger partial charge in [0, 0.05) is 24.8 Å². The Balaban J connectivity index is 2.23. The van der Waals surface area contributed by atoms with Gasteiger partial charge in [0.15, 0.2) is 0 Å². The summed E-state index contributed by atoms with van der Waals surface area (Å²) in [6, 6.07) is 5.11. The summed E-state index contributed by atoms with van der Waals surface area (Å²) in [5, 5.41) is 3.39. The van der Waals surface area contributed by atoms with Gasteiger partial charge in [-0.15, -0.1) is 6.58 Å². The molecule has 3 nitrogen and oxygen atoms in total. The number of aromatic nitrogens is 1. The number of rotatable bonds is 8.